The van der Waals surface area contributed by atoms with E-state index in [9.17, 15) is 4.79 Å². The van der Waals surface area contributed by atoms with Crippen molar-refractivity contribution in [2.24, 2.45) is 0 Å². The fraction of sp³-hybridized carbons (Fsp3) is 0.480. The van der Waals surface area contributed by atoms with Crippen LogP contribution in [-0.2, 0) is 17.6 Å². The van der Waals surface area contributed by atoms with Crippen LogP contribution in [0.15, 0.2) is 48.5 Å². The fourth-order valence-electron chi connectivity index (χ4n) is 4.72. The Morgan fingerprint density at radius 2 is 1.59 bits per heavy atom. The first kappa shape index (κ1) is 20.0. The van der Waals surface area contributed by atoms with Crippen molar-refractivity contribution in [1.29, 1.82) is 0 Å². The Morgan fingerprint density at radius 3 is 2.17 bits per heavy atom. The van der Waals surface area contributed by atoms with Gasteiger partial charge in [0.15, 0.2) is 0 Å². The van der Waals surface area contributed by atoms with E-state index in [-0.39, 0.29) is 18.2 Å². The van der Waals surface area contributed by atoms with E-state index in [2.05, 4.69) is 58.7 Å². The number of carbonyl (C=O) groups excluding carboxylic acids is 1. The first-order valence-electron chi connectivity index (χ1n) is 10.8. The van der Waals surface area contributed by atoms with Gasteiger partial charge in [-0.1, -0.05) is 48.5 Å². The van der Waals surface area contributed by atoms with E-state index < -0.39 is 5.60 Å². The van der Waals surface area contributed by atoms with E-state index in [1.54, 1.807) is 0 Å². The van der Waals surface area contributed by atoms with Crippen LogP contribution in [0.1, 0.15) is 61.9 Å². The average Bonchev–Trinajstić information content (AvgIpc) is 2.83. The maximum Gasteiger partial charge on any atom is 0.407 e. The molecule has 1 N–H and O–H groups in total. The van der Waals surface area contributed by atoms with E-state index in [1.165, 1.54) is 22.3 Å². The number of piperidine rings is 1. The Bertz CT molecular complexity index is 824. The molecule has 1 saturated heterocycles. The zero-order valence-corrected chi connectivity index (χ0v) is 17.8. The molecule has 4 heteroatoms. The summed E-state index contributed by atoms with van der Waals surface area (Å²) in [5.74, 6) is 0. The third-order valence-electron chi connectivity index (χ3n) is 5.90. The van der Waals surface area contributed by atoms with E-state index >= 15 is 0 Å². The Balaban J connectivity index is 1.59. The number of carbonyl (C=O) groups is 1. The van der Waals surface area contributed by atoms with Gasteiger partial charge in [-0.05, 0) is 75.3 Å². The molecule has 2 aromatic carbocycles. The molecule has 1 amide bonds. The maximum absolute atomic E-state index is 12.3. The molecule has 0 bridgehead atoms. The number of likely N-dealkylation sites (tertiary alicyclic amines) is 1. The molecule has 1 atom stereocenters. The van der Waals surface area contributed by atoms with Crippen LogP contribution in [0.4, 0.5) is 4.79 Å². The molecule has 4 nitrogen and oxygen atoms in total. The number of alkyl carbamates (subject to hydrolysis) is 1. The van der Waals surface area contributed by atoms with Crippen LogP contribution in [0.2, 0.25) is 0 Å². The van der Waals surface area contributed by atoms with Gasteiger partial charge in [0.1, 0.15) is 5.60 Å². The molecule has 29 heavy (non-hydrogen) atoms. The van der Waals surface area contributed by atoms with Crippen LogP contribution in [0.3, 0.4) is 0 Å². The van der Waals surface area contributed by atoms with Crippen LogP contribution in [-0.4, -0.2) is 35.7 Å². The summed E-state index contributed by atoms with van der Waals surface area (Å²) in [5.41, 5.74) is 5.23. The van der Waals surface area contributed by atoms with Crippen molar-refractivity contribution in [3.05, 3.63) is 70.8 Å². The number of nitrogens with zero attached hydrogens (tertiary/aromatic N) is 1. The lowest BCUT2D eigenvalue weighted by atomic mass is 9.91. The van der Waals surface area contributed by atoms with Crippen LogP contribution >= 0.6 is 0 Å². The highest BCUT2D eigenvalue weighted by atomic mass is 16.6. The molecule has 0 radical (unpaired) electrons. The smallest absolute Gasteiger partial charge is 0.407 e. The lowest BCUT2D eigenvalue weighted by molar-refractivity contribution is 0.0462. The van der Waals surface area contributed by atoms with Crippen LogP contribution in [0, 0.1) is 0 Å². The Kier molecular flexibility index (Phi) is 5.64. The lowest BCUT2D eigenvalue weighted by Crippen LogP contribution is -2.50. The van der Waals surface area contributed by atoms with Crippen LogP contribution in [0.25, 0.3) is 0 Å². The number of aryl methyl sites for hydroxylation is 2. The summed E-state index contributed by atoms with van der Waals surface area (Å²) in [6.07, 6.45) is 3.91. The van der Waals surface area contributed by atoms with E-state index in [0.29, 0.717) is 0 Å². The molecule has 154 valence electrons. The predicted molar refractivity (Wildman–Crippen MR) is 116 cm³/mol. The molecule has 4 rings (SSSR count). The van der Waals surface area contributed by atoms with Gasteiger partial charge >= 0.3 is 6.09 Å². The van der Waals surface area contributed by atoms with Crippen molar-refractivity contribution < 1.29 is 9.53 Å². The van der Waals surface area contributed by atoms with Gasteiger partial charge in [-0.2, -0.15) is 0 Å². The molecule has 0 spiro atoms. The van der Waals surface area contributed by atoms with Gasteiger partial charge in [-0.3, -0.25) is 4.90 Å². The average molecular weight is 393 g/mol. The molecule has 1 fully saturated rings. The van der Waals surface area contributed by atoms with Gasteiger partial charge in [-0.15, -0.1) is 0 Å². The second kappa shape index (κ2) is 8.19. The summed E-state index contributed by atoms with van der Waals surface area (Å²) in [7, 11) is 0. The Labute approximate surface area is 174 Å². The first-order chi connectivity index (χ1) is 13.9. The number of benzene rings is 2. The number of hydrogen-bond acceptors (Lipinski definition) is 3. The maximum atomic E-state index is 12.3. The summed E-state index contributed by atoms with van der Waals surface area (Å²) in [6, 6.07) is 18.1. The number of ether oxygens (including phenoxy) is 1. The molecule has 0 aromatic heterocycles. The normalized spacial score (nSPS) is 20.3. The third kappa shape index (κ3) is 4.64. The molecule has 2 aliphatic rings. The minimum atomic E-state index is -0.475. The van der Waals surface area contributed by atoms with Gasteiger partial charge in [0.25, 0.3) is 0 Å². The molecule has 0 unspecified atom stereocenters. The minimum Gasteiger partial charge on any atom is -0.444 e. The van der Waals surface area contributed by atoms with Gasteiger partial charge in [0.05, 0.1) is 6.04 Å². The van der Waals surface area contributed by atoms with E-state index in [1.807, 2.05) is 20.8 Å². The second-order valence-corrected chi connectivity index (χ2v) is 9.28. The van der Waals surface area contributed by atoms with E-state index in [4.69, 9.17) is 4.74 Å². The zero-order chi connectivity index (χ0) is 20.4. The summed E-state index contributed by atoms with van der Waals surface area (Å²) in [5, 5.41) is 3.11. The molecule has 1 aliphatic carbocycles. The zero-order valence-electron chi connectivity index (χ0n) is 17.8. The number of hydrogen-bond donors (Lipinski definition) is 1. The molecule has 2 aromatic rings. The quantitative estimate of drug-likeness (QED) is 0.793. The molecule has 0 saturated carbocycles. The summed E-state index contributed by atoms with van der Waals surface area (Å²) >= 11 is 0. The number of fused-ring (bicyclic) bond motifs is 2. The standard InChI is InChI=1S/C25H32N2O2/c1-25(2,3)29-24(28)26-20-11-8-16-27(17-20)23-21-12-6-4-9-18(21)14-15-19-10-5-7-13-22(19)23/h4-7,9-10,12-13,20,23H,8,11,14-17H2,1-3H3,(H,26,28)/t20-/m0/s1. The summed E-state index contributed by atoms with van der Waals surface area (Å²) in [6.45, 7) is 7.59. The van der Waals surface area contributed by atoms with Gasteiger partial charge in [-0.25, -0.2) is 4.79 Å². The van der Waals surface area contributed by atoms with Gasteiger partial charge in [0, 0.05) is 12.6 Å². The van der Waals surface area contributed by atoms with E-state index in [0.717, 1.165) is 38.8 Å². The van der Waals surface area contributed by atoms with Gasteiger partial charge in [0.2, 0.25) is 0 Å². The van der Waals surface area contributed by atoms with Crippen molar-refractivity contribution >= 4 is 6.09 Å². The van der Waals surface area contributed by atoms with Crippen LogP contribution in [0.5, 0.6) is 0 Å². The van der Waals surface area contributed by atoms with Crippen molar-refractivity contribution in [3.8, 4) is 0 Å². The predicted octanol–water partition coefficient (Wildman–Crippen LogP) is 4.86. The SMILES string of the molecule is CC(C)(C)OC(=O)N[C@H]1CCCN(C2c3ccccc3CCc3ccccc32)C1. The largest absolute Gasteiger partial charge is 0.444 e. The number of nitrogens with one attached hydrogen (secondary N) is 1. The molecule has 1 heterocycles. The Hall–Kier alpha value is -2.33. The topological polar surface area (TPSA) is 41.6 Å². The molecular weight excluding hydrogens is 360 g/mol. The number of amides is 1. The second-order valence-electron chi connectivity index (χ2n) is 9.28. The fourth-order valence-corrected chi connectivity index (χ4v) is 4.72. The lowest BCUT2D eigenvalue weighted by Gasteiger charge is -2.39. The summed E-state index contributed by atoms with van der Waals surface area (Å²) < 4.78 is 5.49. The van der Waals surface area contributed by atoms with Crippen molar-refractivity contribution in [1.82, 2.24) is 10.2 Å². The first-order valence-corrected chi connectivity index (χ1v) is 10.8. The third-order valence-corrected chi connectivity index (χ3v) is 5.90. The van der Waals surface area contributed by atoms with Gasteiger partial charge < -0.3 is 10.1 Å². The van der Waals surface area contributed by atoms with Crippen LogP contribution < -0.4 is 5.32 Å². The highest BCUT2D eigenvalue weighted by molar-refractivity contribution is 5.68. The number of rotatable bonds is 2. The molecular formula is C25H32N2O2. The highest BCUT2D eigenvalue weighted by Crippen LogP contribution is 2.38. The summed E-state index contributed by atoms with van der Waals surface area (Å²) in [4.78, 5) is 14.9. The van der Waals surface area contributed by atoms with Crippen molar-refractivity contribution in [3.63, 3.8) is 0 Å². The molecule has 1 aliphatic heterocycles. The minimum absolute atomic E-state index is 0.112. The Morgan fingerprint density at radius 1 is 1.00 bits per heavy atom. The monoisotopic (exact) mass is 392 g/mol. The van der Waals surface area contributed by atoms with Crippen molar-refractivity contribution in [2.75, 3.05) is 13.1 Å². The highest BCUT2D eigenvalue weighted by Gasteiger charge is 2.32. The van der Waals surface area contributed by atoms with Crippen molar-refractivity contribution in [2.45, 2.75) is 64.1 Å².